The molecule has 2 amide bonds. The van der Waals surface area contributed by atoms with Crippen LogP contribution in [-0.4, -0.2) is 29.1 Å². The second-order valence-corrected chi connectivity index (χ2v) is 9.05. The summed E-state index contributed by atoms with van der Waals surface area (Å²) in [7, 11) is 0. The molecule has 0 bridgehead atoms. The fourth-order valence-corrected chi connectivity index (χ4v) is 4.48. The lowest BCUT2D eigenvalue weighted by atomic mass is 10.1. The second kappa shape index (κ2) is 9.17. The molecule has 2 N–H and O–H groups in total. The van der Waals surface area contributed by atoms with Gasteiger partial charge < -0.3 is 24.7 Å². The van der Waals surface area contributed by atoms with Gasteiger partial charge in [0.1, 0.15) is 13.2 Å². The summed E-state index contributed by atoms with van der Waals surface area (Å²) in [4.78, 5) is 31.5. The van der Waals surface area contributed by atoms with E-state index in [2.05, 4.69) is 10.3 Å². The van der Waals surface area contributed by atoms with Crippen LogP contribution < -0.4 is 20.3 Å². The van der Waals surface area contributed by atoms with Crippen LogP contribution >= 0.6 is 22.9 Å². The molecular formula is C24H20ClN3O4S. The molecule has 7 nitrogen and oxygen atoms in total. The number of aromatic amines is 1. The molecule has 4 aromatic rings. The molecule has 9 heteroatoms. The molecule has 0 atom stereocenters. The van der Waals surface area contributed by atoms with Crippen molar-refractivity contribution in [3.05, 3.63) is 85.8 Å². The summed E-state index contributed by atoms with van der Waals surface area (Å²) in [5.41, 5.74) is 1.50. The van der Waals surface area contributed by atoms with Crippen molar-refractivity contribution in [3.63, 3.8) is 0 Å². The molecule has 0 saturated carbocycles. The molecule has 0 saturated heterocycles. The van der Waals surface area contributed by atoms with Gasteiger partial charge in [-0.05, 0) is 47.8 Å². The number of ether oxygens (including phenoxy) is 2. The summed E-state index contributed by atoms with van der Waals surface area (Å²) in [5.74, 6) is 1.25. The average molecular weight is 482 g/mol. The molecule has 0 aliphatic carbocycles. The SMILES string of the molecule is O=C(Nc1ccc(Cl)cc1)N(Cc1cccs1)Cc1cc2cc3c(cc2[nH]c1=O)OCCO3. The van der Waals surface area contributed by atoms with Crippen molar-refractivity contribution >= 4 is 45.6 Å². The first-order chi connectivity index (χ1) is 16.0. The fourth-order valence-electron chi connectivity index (χ4n) is 3.64. The molecule has 1 aliphatic rings. The first-order valence-corrected chi connectivity index (χ1v) is 11.6. The van der Waals surface area contributed by atoms with E-state index in [0.717, 1.165) is 10.3 Å². The zero-order valence-electron chi connectivity index (χ0n) is 17.5. The van der Waals surface area contributed by atoms with Crippen molar-refractivity contribution in [2.75, 3.05) is 18.5 Å². The number of pyridine rings is 1. The highest BCUT2D eigenvalue weighted by Gasteiger charge is 2.19. The zero-order chi connectivity index (χ0) is 22.8. The molecule has 5 rings (SSSR count). The Balaban J connectivity index is 1.44. The monoisotopic (exact) mass is 481 g/mol. The van der Waals surface area contributed by atoms with E-state index in [-0.39, 0.29) is 18.1 Å². The number of nitrogens with one attached hydrogen (secondary N) is 2. The molecule has 1 aliphatic heterocycles. The number of hydrogen-bond acceptors (Lipinski definition) is 5. The van der Waals surface area contributed by atoms with Crippen LogP contribution in [0.2, 0.25) is 5.02 Å². The van der Waals surface area contributed by atoms with Crippen molar-refractivity contribution in [3.8, 4) is 11.5 Å². The summed E-state index contributed by atoms with van der Waals surface area (Å²) in [6.45, 7) is 1.46. The van der Waals surface area contributed by atoms with Crippen LogP contribution in [0.25, 0.3) is 10.9 Å². The topological polar surface area (TPSA) is 83.7 Å². The van der Waals surface area contributed by atoms with Crippen LogP contribution in [0.15, 0.2) is 64.8 Å². The van der Waals surface area contributed by atoms with Crippen LogP contribution in [0, 0.1) is 0 Å². The van der Waals surface area contributed by atoms with Crippen LogP contribution in [0.4, 0.5) is 10.5 Å². The number of urea groups is 1. The number of H-pyrrole nitrogens is 1. The van der Waals surface area contributed by atoms with E-state index in [0.29, 0.717) is 53.0 Å². The number of rotatable bonds is 5. The number of hydrogen-bond donors (Lipinski definition) is 2. The molecule has 2 aromatic heterocycles. The Kier molecular flexibility index (Phi) is 5.93. The maximum absolute atomic E-state index is 13.1. The van der Waals surface area contributed by atoms with Gasteiger partial charge in [0.05, 0.1) is 18.6 Å². The summed E-state index contributed by atoms with van der Waals surface area (Å²) in [6, 6.07) is 15.9. The number of thiophene rings is 1. The third kappa shape index (κ3) is 4.81. The number of benzene rings is 2. The zero-order valence-corrected chi connectivity index (χ0v) is 19.0. The lowest BCUT2D eigenvalue weighted by Crippen LogP contribution is -2.35. The van der Waals surface area contributed by atoms with E-state index in [1.54, 1.807) is 52.6 Å². The standard InChI is InChI=1S/C24H20ClN3O4S/c25-17-3-5-18(6-4-17)26-24(30)28(14-19-2-1-9-33-19)13-16-10-15-11-21-22(32-8-7-31-21)12-20(15)27-23(16)29/h1-6,9-12H,7-8,13-14H2,(H,26,30)(H,27,29). The van der Waals surface area contributed by atoms with Crippen LogP contribution in [0.1, 0.15) is 10.4 Å². The largest absolute Gasteiger partial charge is 0.486 e. The lowest BCUT2D eigenvalue weighted by molar-refractivity contribution is 0.172. The van der Waals surface area contributed by atoms with Gasteiger partial charge in [0.15, 0.2) is 11.5 Å². The quantitative estimate of drug-likeness (QED) is 0.408. The number of amides is 2. The number of anilines is 1. The molecule has 3 heterocycles. The van der Waals surface area contributed by atoms with E-state index in [4.69, 9.17) is 21.1 Å². The molecule has 2 aromatic carbocycles. The Hall–Kier alpha value is -3.49. The summed E-state index contributed by atoms with van der Waals surface area (Å²) in [6.07, 6.45) is 0. The van der Waals surface area contributed by atoms with Crippen molar-refractivity contribution in [1.29, 1.82) is 0 Å². The Morgan fingerprint density at radius 1 is 1.06 bits per heavy atom. The predicted molar refractivity (Wildman–Crippen MR) is 130 cm³/mol. The number of halogens is 1. The van der Waals surface area contributed by atoms with E-state index < -0.39 is 0 Å². The maximum atomic E-state index is 13.1. The summed E-state index contributed by atoms with van der Waals surface area (Å²) < 4.78 is 11.3. The predicted octanol–water partition coefficient (Wildman–Crippen LogP) is 5.25. The fraction of sp³-hybridized carbons (Fsp3) is 0.167. The minimum Gasteiger partial charge on any atom is -0.486 e. The van der Waals surface area contributed by atoms with Crippen molar-refractivity contribution < 1.29 is 14.3 Å². The third-order valence-electron chi connectivity index (χ3n) is 5.25. The van der Waals surface area contributed by atoms with Gasteiger partial charge in [-0.2, -0.15) is 0 Å². The Labute approximate surface area is 198 Å². The first-order valence-electron chi connectivity index (χ1n) is 10.3. The van der Waals surface area contributed by atoms with Gasteiger partial charge in [0.2, 0.25) is 0 Å². The van der Waals surface area contributed by atoms with Crippen LogP contribution in [0.5, 0.6) is 11.5 Å². The number of nitrogens with zero attached hydrogens (tertiary/aromatic N) is 1. The van der Waals surface area contributed by atoms with E-state index in [9.17, 15) is 9.59 Å². The van der Waals surface area contributed by atoms with E-state index in [1.165, 1.54) is 0 Å². The van der Waals surface area contributed by atoms with Gasteiger partial charge in [-0.3, -0.25) is 4.79 Å². The van der Waals surface area contributed by atoms with Gasteiger partial charge in [-0.25, -0.2) is 4.79 Å². The van der Waals surface area contributed by atoms with Gasteiger partial charge in [-0.1, -0.05) is 17.7 Å². The number of carbonyl (C=O) groups excluding carboxylic acids is 1. The maximum Gasteiger partial charge on any atom is 0.322 e. The molecular weight excluding hydrogens is 462 g/mol. The smallest absolute Gasteiger partial charge is 0.322 e. The normalized spacial score (nSPS) is 12.5. The van der Waals surface area contributed by atoms with Gasteiger partial charge in [-0.15, -0.1) is 11.3 Å². The highest BCUT2D eigenvalue weighted by Crippen LogP contribution is 2.33. The van der Waals surface area contributed by atoms with Crippen molar-refractivity contribution in [2.24, 2.45) is 0 Å². The molecule has 0 radical (unpaired) electrons. The minimum atomic E-state index is -0.313. The van der Waals surface area contributed by atoms with Gasteiger partial charge >= 0.3 is 6.03 Å². The number of carbonyl (C=O) groups is 1. The molecule has 168 valence electrons. The third-order valence-corrected chi connectivity index (χ3v) is 6.37. The molecule has 33 heavy (non-hydrogen) atoms. The second-order valence-electron chi connectivity index (χ2n) is 7.58. The van der Waals surface area contributed by atoms with Crippen molar-refractivity contribution in [1.82, 2.24) is 9.88 Å². The average Bonchev–Trinajstić information content (AvgIpc) is 3.32. The summed E-state index contributed by atoms with van der Waals surface area (Å²) in [5, 5.41) is 6.23. The Morgan fingerprint density at radius 3 is 2.55 bits per heavy atom. The van der Waals surface area contributed by atoms with E-state index >= 15 is 0 Å². The molecule has 0 spiro atoms. The highest BCUT2D eigenvalue weighted by molar-refractivity contribution is 7.09. The summed E-state index contributed by atoms with van der Waals surface area (Å²) >= 11 is 7.50. The number of aromatic nitrogens is 1. The Morgan fingerprint density at radius 2 is 1.82 bits per heavy atom. The highest BCUT2D eigenvalue weighted by atomic mass is 35.5. The van der Waals surface area contributed by atoms with Gasteiger partial charge in [0.25, 0.3) is 5.56 Å². The van der Waals surface area contributed by atoms with E-state index in [1.807, 2.05) is 23.6 Å². The first kappa shape index (κ1) is 21.4. The van der Waals surface area contributed by atoms with Gasteiger partial charge in [0, 0.05) is 32.6 Å². The lowest BCUT2D eigenvalue weighted by Gasteiger charge is -2.23. The van der Waals surface area contributed by atoms with Crippen LogP contribution in [0.3, 0.4) is 0 Å². The van der Waals surface area contributed by atoms with Crippen molar-refractivity contribution in [2.45, 2.75) is 13.1 Å². The number of fused-ring (bicyclic) bond motifs is 2. The molecule has 0 fully saturated rings. The Bertz CT molecular complexity index is 1350. The minimum absolute atomic E-state index is 0.136. The van der Waals surface area contributed by atoms with Crippen LogP contribution in [-0.2, 0) is 13.1 Å². The molecule has 0 unspecified atom stereocenters.